The van der Waals surface area contributed by atoms with Crippen LogP contribution in [-0.2, 0) is 9.47 Å². The molecular formula is C15H19N5O3. The van der Waals surface area contributed by atoms with E-state index in [9.17, 15) is 5.11 Å². The SMILES string of the molecule is CN(C)c1ccc(-c2nnnn2[C@H]2CO[C@H]3[C@@H]2OC[C@H]3O)cc1. The fourth-order valence-corrected chi connectivity index (χ4v) is 3.18. The average molecular weight is 317 g/mol. The van der Waals surface area contributed by atoms with Gasteiger partial charge in [-0.1, -0.05) is 0 Å². The number of aromatic nitrogens is 4. The third-order valence-corrected chi connectivity index (χ3v) is 4.45. The van der Waals surface area contributed by atoms with Crippen LogP contribution in [0.1, 0.15) is 6.04 Å². The predicted octanol–water partition coefficient (Wildman–Crippen LogP) is 0.106. The minimum Gasteiger partial charge on any atom is -0.388 e. The molecule has 2 saturated heterocycles. The zero-order valence-corrected chi connectivity index (χ0v) is 13.0. The fraction of sp³-hybridized carbons (Fsp3) is 0.533. The molecule has 0 amide bonds. The summed E-state index contributed by atoms with van der Waals surface area (Å²) in [5, 5.41) is 22.0. The Kier molecular flexibility index (Phi) is 3.51. The number of aliphatic hydroxyl groups is 1. The van der Waals surface area contributed by atoms with E-state index in [2.05, 4.69) is 15.5 Å². The Morgan fingerprint density at radius 2 is 1.87 bits per heavy atom. The molecule has 2 aliphatic rings. The van der Waals surface area contributed by atoms with Crippen LogP contribution in [0.2, 0.25) is 0 Å². The van der Waals surface area contributed by atoms with Crippen LogP contribution in [-0.4, -0.2) is 70.9 Å². The van der Waals surface area contributed by atoms with Gasteiger partial charge in [-0.2, -0.15) is 0 Å². The molecule has 2 aliphatic heterocycles. The number of rotatable bonds is 3. The third-order valence-electron chi connectivity index (χ3n) is 4.45. The molecule has 1 aromatic carbocycles. The fourth-order valence-electron chi connectivity index (χ4n) is 3.18. The molecule has 0 bridgehead atoms. The Labute approximate surface area is 133 Å². The molecule has 8 nitrogen and oxygen atoms in total. The lowest BCUT2D eigenvalue weighted by atomic mass is 10.1. The van der Waals surface area contributed by atoms with Crippen LogP contribution in [0.3, 0.4) is 0 Å². The van der Waals surface area contributed by atoms with Crippen LogP contribution < -0.4 is 4.90 Å². The van der Waals surface area contributed by atoms with Crippen LogP contribution in [0, 0.1) is 0 Å². The Hall–Kier alpha value is -2.03. The first-order chi connectivity index (χ1) is 11.1. The first-order valence-corrected chi connectivity index (χ1v) is 7.62. The lowest BCUT2D eigenvalue weighted by Gasteiger charge is -2.17. The number of hydrogen-bond acceptors (Lipinski definition) is 7. The van der Waals surface area contributed by atoms with Gasteiger partial charge < -0.3 is 19.5 Å². The van der Waals surface area contributed by atoms with Gasteiger partial charge in [0.15, 0.2) is 5.82 Å². The smallest absolute Gasteiger partial charge is 0.182 e. The Balaban J connectivity index is 1.64. The van der Waals surface area contributed by atoms with Crippen LogP contribution >= 0.6 is 0 Å². The van der Waals surface area contributed by atoms with E-state index >= 15 is 0 Å². The number of hydrogen-bond donors (Lipinski definition) is 1. The van der Waals surface area contributed by atoms with Crippen molar-refractivity contribution < 1.29 is 14.6 Å². The molecule has 0 radical (unpaired) electrons. The first-order valence-electron chi connectivity index (χ1n) is 7.62. The molecule has 122 valence electrons. The van der Waals surface area contributed by atoms with Crippen molar-refractivity contribution in [2.45, 2.75) is 24.4 Å². The van der Waals surface area contributed by atoms with E-state index in [1.165, 1.54) is 0 Å². The molecule has 0 saturated carbocycles. The maximum atomic E-state index is 9.87. The molecule has 2 fully saturated rings. The van der Waals surface area contributed by atoms with Gasteiger partial charge >= 0.3 is 0 Å². The molecule has 0 spiro atoms. The maximum Gasteiger partial charge on any atom is 0.182 e. The second-order valence-corrected chi connectivity index (χ2v) is 6.12. The first kappa shape index (κ1) is 14.6. The van der Waals surface area contributed by atoms with Crippen LogP contribution in [0.25, 0.3) is 11.4 Å². The Morgan fingerprint density at radius 3 is 2.61 bits per heavy atom. The van der Waals surface area contributed by atoms with Gasteiger partial charge in [0.2, 0.25) is 0 Å². The summed E-state index contributed by atoms with van der Waals surface area (Å²) in [5.41, 5.74) is 2.04. The summed E-state index contributed by atoms with van der Waals surface area (Å²) < 4.78 is 13.1. The largest absolute Gasteiger partial charge is 0.388 e. The second kappa shape index (κ2) is 5.55. The van der Waals surface area contributed by atoms with Gasteiger partial charge in [-0.3, -0.25) is 0 Å². The number of anilines is 1. The van der Waals surface area contributed by atoms with Crippen LogP contribution in [0.15, 0.2) is 24.3 Å². The quantitative estimate of drug-likeness (QED) is 0.859. The average Bonchev–Trinajstić information content (AvgIpc) is 3.25. The van der Waals surface area contributed by atoms with Crippen LogP contribution in [0.5, 0.6) is 0 Å². The summed E-state index contributed by atoms with van der Waals surface area (Å²) in [6.45, 7) is 0.723. The van der Waals surface area contributed by atoms with Crippen molar-refractivity contribution >= 4 is 5.69 Å². The van der Waals surface area contributed by atoms with Crippen molar-refractivity contribution in [2.24, 2.45) is 0 Å². The maximum absolute atomic E-state index is 9.87. The minimum atomic E-state index is -0.579. The topological polar surface area (TPSA) is 85.5 Å². The van der Waals surface area contributed by atoms with Crippen LogP contribution in [0.4, 0.5) is 5.69 Å². The van der Waals surface area contributed by atoms with E-state index in [4.69, 9.17) is 9.47 Å². The molecule has 2 aromatic rings. The molecule has 4 rings (SSSR count). The normalized spacial score (nSPS) is 29.7. The Morgan fingerprint density at radius 1 is 1.13 bits per heavy atom. The van der Waals surface area contributed by atoms with Gasteiger partial charge in [-0.25, -0.2) is 4.68 Å². The molecule has 0 aliphatic carbocycles. The molecule has 8 heteroatoms. The van der Waals surface area contributed by atoms with Crippen molar-refractivity contribution in [3.8, 4) is 11.4 Å². The minimum absolute atomic E-state index is 0.129. The van der Waals surface area contributed by atoms with Gasteiger partial charge in [-0.05, 0) is 34.7 Å². The lowest BCUT2D eigenvalue weighted by molar-refractivity contribution is 0.0169. The number of fused-ring (bicyclic) bond motifs is 1. The molecule has 4 atom stereocenters. The highest BCUT2D eigenvalue weighted by molar-refractivity contribution is 5.60. The molecule has 23 heavy (non-hydrogen) atoms. The van der Waals surface area contributed by atoms with Gasteiger partial charge in [0.1, 0.15) is 24.4 Å². The van der Waals surface area contributed by atoms with E-state index in [1.54, 1.807) is 4.68 Å². The predicted molar refractivity (Wildman–Crippen MR) is 82.1 cm³/mol. The van der Waals surface area contributed by atoms with Crippen molar-refractivity contribution in [1.82, 2.24) is 20.2 Å². The van der Waals surface area contributed by atoms with Gasteiger partial charge in [0, 0.05) is 25.3 Å². The monoisotopic (exact) mass is 317 g/mol. The summed E-state index contributed by atoms with van der Waals surface area (Å²) in [7, 11) is 4.00. The van der Waals surface area contributed by atoms with Crippen molar-refractivity contribution in [2.75, 3.05) is 32.2 Å². The highest BCUT2D eigenvalue weighted by Gasteiger charge is 2.49. The zero-order valence-electron chi connectivity index (χ0n) is 13.0. The van der Waals surface area contributed by atoms with Gasteiger partial charge in [-0.15, -0.1) is 5.10 Å². The lowest BCUT2D eigenvalue weighted by Crippen LogP contribution is -2.30. The van der Waals surface area contributed by atoms with E-state index in [0.717, 1.165) is 11.3 Å². The van der Waals surface area contributed by atoms with Crippen molar-refractivity contribution in [3.63, 3.8) is 0 Å². The molecule has 3 heterocycles. The summed E-state index contributed by atoms with van der Waals surface area (Å²) >= 11 is 0. The number of tetrazole rings is 1. The molecular weight excluding hydrogens is 298 g/mol. The number of benzene rings is 1. The second-order valence-electron chi connectivity index (χ2n) is 6.12. The highest BCUT2D eigenvalue weighted by Crippen LogP contribution is 2.35. The summed E-state index contributed by atoms with van der Waals surface area (Å²) in [6, 6.07) is 7.91. The highest BCUT2D eigenvalue weighted by atomic mass is 16.6. The molecule has 1 aromatic heterocycles. The third kappa shape index (κ3) is 2.39. The molecule has 0 unspecified atom stereocenters. The van der Waals surface area contributed by atoms with Gasteiger partial charge in [0.25, 0.3) is 0 Å². The van der Waals surface area contributed by atoms with E-state index < -0.39 is 6.10 Å². The molecule has 1 N–H and O–H groups in total. The Bertz CT molecular complexity index is 687. The number of ether oxygens (including phenoxy) is 2. The number of aliphatic hydroxyl groups excluding tert-OH is 1. The zero-order chi connectivity index (χ0) is 16.0. The number of nitrogens with zero attached hydrogens (tertiary/aromatic N) is 5. The standard InChI is InChI=1S/C15H19N5O3/c1-19(2)10-5-3-9(4-6-10)15-16-17-18-20(15)11-7-22-14-12(21)8-23-13(11)14/h3-6,11-14,21H,7-8H2,1-2H3/t11-,12+,13+,14+/m0/s1. The summed E-state index contributed by atoms with van der Waals surface area (Å²) in [5.74, 6) is 0.676. The van der Waals surface area contributed by atoms with Crippen molar-refractivity contribution in [3.05, 3.63) is 24.3 Å². The van der Waals surface area contributed by atoms with E-state index in [1.807, 2.05) is 43.3 Å². The summed E-state index contributed by atoms with van der Waals surface area (Å²) in [4.78, 5) is 2.04. The van der Waals surface area contributed by atoms with Crippen molar-refractivity contribution in [1.29, 1.82) is 0 Å². The van der Waals surface area contributed by atoms with E-state index in [-0.39, 0.29) is 18.2 Å². The van der Waals surface area contributed by atoms with E-state index in [0.29, 0.717) is 19.0 Å². The summed E-state index contributed by atoms with van der Waals surface area (Å²) in [6.07, 6.45) is -1.09. The van der Waals surface area contributed by atoms with Gasteiger partial charge in [0.05, 0.1) is 13.2 Å².